The Kier molecular flexibility index (Phi) is 6.44. The van der Waals surface area contributed by atoms with Gasteiger partial charge in [0.1, 0.15) is 0 Å². The lowest BCUT2D eigenvalue weighted by Crippen LogP contribution is -2.37. The summed E-state index contributed by atoms with van der Waals surface area (Å²) in [6.45, 7) is 7.02. The molecule has 72 valence electrons. The van der Waals surface area contributed by atoms with Crippen LogP contribution < -0.4 is 5.32 Å². The molecule has 0 saturated heterocycles. The first-order valence-corrected chi connectivity index (χ1v) is 4.65. The fourth-order valence-corrected chi connectivity index (χ4v) is 0.919. The van der Waals surface area contributed by atoms with Crippen LogP contribution in [0.25, 0.3) is 0 Å². The lowest BCUT2D eigenvalue weighted by molar-refractivity contribution is 0.214. The van der Waals surface area contributed by atoms with Crippen LogP contribution in [-0.2, 0) is 0 Å². The van der Waals surface area contributed by atoms with Gasteiger partial charge in [-0.2, -0.15) is 0 Å². The van der Waals surface area contributed by atoms with E-state index in [1.165, 1.54) is 0 Å². The molecule has 2 nitrogen and oxygen atoms in total. The van der Waals surface area contributed by atoms with Gasteiger partial charge in [-0.3, -0.25) is 0 Å². The fraction of sp³-hybridized carbons (Fsp3) is 0.778. The smallest absolute Gasteiger partial charge is 0.0587 e. The zero-order valence-corrected chi connectivity index (χ0v) is 8.73. The van der Waals surface area contributed by atoms with Crippen molar-refractivity contribution in [2.75, 3.05) is 13.2 Å². The van der Waals surface area contributed by atoms with Crippen molar-refractivity contribution < 1.29 is 5.11 Å². The largest absolute Gasteiger partial charge is 0.395 e. The quantitative estimate of drug-likeness (QED) is 0.694. The van der Waals surface area contributed by atoms with Gasteiger partial charge in [-0.25, -0.2) is 0 Å². The molecule has 0 aromatic rings. The minimum atomic E-state index is 0.163. The standard InChI is InChI=1S/C9H18ClNO/c1-7(2)9(6-12)11-5-8(3)4-10/h4,7,9,11-12H,5-6H2,1-3H3. The van der Waals surface area contributed by atoms with E-state index < -0.39 is 0 Å². The molecule has 0 saturated carbocycles. The molecule has 0 spiro atoms. The van der Waals surface area contributed by atoms with Gasteiger partial charge in [0.15, 0.2) is 0 Å². The number of aliphatic hydroxyl groups is 1. The van der Waals surface area contributed by atoms with Gasteiger partial charge in [-0.05, 0) is 18.4 Å². The summed E-state index contributed by atoms with van der Waals surface area (Å²) < 4.78 is 0. The van der Waals surface area contributed by atoms with Crippen LogP contribution in [0, 0.1) is 5.92 Å². The van der Waals surface area contributed by atoms with Gasteiger partial charge in [0.25, 0.3) is 0 Å². The Morgan fingerprint density at radius 3 is 2.50 bits per heavy atom. The molecule has 1 atom stereocenters. The van der Waals surface area contributed by atoms with Gasteiger partial charge in [0.05, 0.1) is 6.61 Å². The third kappa shape index (κ3) is 4.75. The minimum absolute atomic E-state index is 0.163. The molecule has 12 heavy (non-hydrogen) atoms. The predicted octanol–water partition coefficient (Wildman–Crippen LogP) is 1.74. The summed E-state index contributed by atoms with van der Waals surface area (Å²) in [5, 5.41) is 12.2. The second-order valence-electron chi connectivity index (χ2n) is 3.37. The minimum Gasteiger partial charge on any atom is -0.395 e. The second kappa shape index (κ2) is 6.46. The van der Waals surface area contributed by atoms with Crippen LogP contribution in [0.2, 0.25) is 0 Å². The highest BCUT2D eigenvalue weighted by Crippen LogP contribution is 2.01. The van der Waals surface area contributed by atoms with Crippen molar-refractivity contribution in [3.8, 4) is 0 Å². The van der Waals surface area contributed by atoms with Crippen molar-refractivity contribution in [3.05, 3.63) is 11.1 Å². The Morgan fingerprint density at radius 1 is 1.58 bits per heavy atom. The Hall–Kier alpha value is -0.0500. The first-order valence-electron chi connectivity index (χ1n) is 4.22. The molecule has 1 unspecified atom stereocenters. The Labute approximate surface area is 79.6 Å². The van der Waals surface area contributed by atoms with Crippen molar-refractivity contribution >= 4 is 11.6 Å². The van der Waals surface area contributed by atoms with Crippen LogP contribution in [0.1, 0.15) is 20.8 Å². The molecule has 0 rings (SSSR count). The van der Waals surface area contributed by atoms with Crippen molar-refractivity contribution in [2.45, 2.75) is 26.8 Å². The van der Waals surface area contributed by atoms with Crippen LogP contribution in [0.3, 0.4) is 0 Å². The maximum absolute atomic E-state index is 8.97. The number of hydrogen-bond donors (Lipinski definition) is 2. The molecule has 0 radical (unpaired) electrons. The van der Waals surface area contributed by atoms with E-state index >= 15 is 0 Å². The molecule has 0 aromatic heterocycles. The lowest BCUT2D eigenvalue weighted by Gasteiger charge is -2.19. The van der Waals surface area contributed by atoms with Crippen LogP contribution >= 0.6 is 11.6 Å². The lowest BCUT2D eigenvalue weighted by atomic mass is 10.1. The summed E-state index contributed by atoms with van der Waals surface area (Å²) in [4.78, 5) is 0. The van der Waals surface area contributed by atoms with Gasteiger partial charge < -0.3 is 10.4 Å². The maximum atomic E-state index is 8.97. The molecular formula is C9H18ClNO. The zero-order valence-electron chi connectivity index (χ0n) is 7.97. The molecule has 2 N–H and O–H groups in total. The van der Waals surface area contributed by atoms with E-state index in [0.717, 1.165) is 12.1 Å². The highest BCUT2D eigenvalue weighted by Gasteiger charge is 2.10. The van der Waals surface area contributed by atoms with Gasteiger partial charge >= 0.3 is 0 Å². The molecule has 0 bridgehead atoms. The number of halogens is 1. The topological polar surface area (TPSA) is 32.3 Å². The van der Waals surface area contributed by atoms with E-state index in [9.17, 15) is 0 Å². The number of hydrogen-bond acceptors (Lipinski definition) is 2. The highest BCUT2D eigenvalue weighted by atomic mass is 35.5. The summed E-state index contributed by atoms with van der Waals surface area (Å²) in [6.07, 6.45) is 0. The number of nitrogens with one attached hydrogen (secondary N) is 1. The molecule has 0 aromatic carbocycles. The van der Waals surface area contributed by atoms with Crippen LogP contribution in [-0.4, -0.2) is 24.3 Å². The average Bonchev–Trinajstić information content (AvgIpc) is 2.04. The Balaban J connectivity index is 3.73. The third-order valence-corrected chi connectivity index (χ3v) is 2.20. The van der Waals surface area contributed by atoms with E-state index in [2.05, 4.69) is 19.2 Å². The number of aliphatic hydroxyl groups excluding tert-OH is 1. The Bertz CT molecular complexity index is 145. The summed E-state index contributed by atoms with van der Waals surface area (Å²) >= 11 is 5.49. The van der Waals surface area contributed by atoms with Gasteiger partial charge in [0, 0.05) is 18.1 Å². The summed E-state index contributed by atoms with van der Waals surface area (Å²) in [7, 11) is 0. The van der Waals surface area contributed by atoms with Gasteiger partial charge in [-0.15, -0.1) is 0 Å². The van der Waals surface area contributed by atoms with Crippen LogP contribution in [0.5, 0.6) is 0 Å². The first kappa shape index (κ1) is 11.9. The average molecular weight is 192 g/mol. The van der Waals surface area contributed by atoms with Gasteiger partial charge in [-0.1, -0.05) is 25.4 Å². The van der Waals surface area contributed by atoms with E-state index in [4.69, 9.17) is 16.7 Å². The molecule has 0 amide bonds. The molecule has 0 aliphatic carbocycles. The predicted molar refractivity (Wildman–Crippen MR) is 53.3 cm³/mol. The van der Waals surface area contributed by atoms with Gasteiger partial charge in [0.2, 0.25) is 0 Å². The van der Waals surface area contributed by atoms with Crippen LogP contribution in [0.15, 0.2) is 11.1 Å². The zero-order chi connectivity index (χ0) is 9.56. The summed E-state index contributed by atoms with van der Waals surface area (Å²) in [5.41, 5.74) is 2.64. The monoisotopic (exact) mass is 191 g/mol. The molecule has 0 aliphatic rings. The summed E-state index contributed by atoms with van der Waals surface area (Å²) in [6, 6.07) is 0.163. The van der Waals surface area contributed by atoms with E-state index in [-0.39, 0.29) is 12.6 Å². The van der Waals surface area contributed by atoms with Crippen molar-refractivity contribution in [1.82, 2.24) is 5.32 Å². The molecule has 0 fully saturated rings. The number of rotatable bonds is 5. The van der Waals surface area contributed by atoms with E-state index in [1.807, 2.05) is 6.92 Å². The molecular weight excluding hydrogens is 174 g/mol. The summed E-state index contributed by atoms with van der Waals surface area (Å²) in [5.74, 6) is 0.443. The van der Waals surface area contributed by atoms with Crippen LogP contribution in [0.4, 0.5) is 0 Å². The normalized spacial score (nSPS) is 15.3. The molecule has 0 aliphatic heterocycles. The van der Waals surface area contributed by atoms with Crippen molar-refractivity contribution in [3.63, 3.8) is 0 Å². The van der Waals surface area contributed by atoms with Crippen molar-refractivity contribution in [2.24, 2.45) is 5.92 Å². The fourth-order valence-electron chi connectivity index (χ4n) is 0.842. The third-order valence-electron chi connectivity index (χ3n) is 1.83. The SMILES string of the molecule is CC(=CCl)CNC(CO)C(C)C. The van der Waals surface area contributed by atoms with E-state index in [1.54, 1.807) is 5.54 Å². The Morgan fingerprint density at radius 2 is 2.17 bits per heavy atom. The molecule has 0 heterocycles. The highest BCUT2D eigenvalue weighted by molar-refractivity contribution is 6.25. The molecule has 3 heteroatoms. The van der Waals surface area contributed by atoms with E-state index in [0.29, 0.717) is 5.92 Å². The van der Waals surface area contributed by atoms with Crippen molar-refractivity contribution in [1.29, 1.82) is 0 Å². The second-order valence-corrected chi connectivity index (χ2v) is 3.59. The first-order chi connectivity index (χ1) is 5.61. The maximum Gasteiger partial charge on any atom is 0.0587 e.